The van der Waals surface area contributed by atoms with E-state index >= 15 is 0 Å². The molecule has 0 spiro atoms. The zero-order chi connectivity index (χ0) is 16.7. The molecule has 2 heterocycles. The number of nitrogens with one attached hydrogen (secondary N) is 1. The highest BCUT2D eigenvalue weighted by Crippen LogP contribution is 2.18. The normalized spacial score (nSPS) is 10.3. The maximum atomic E-state index is 11.9. The lowest BCUT2D eigenvalue weighted by molar-refractivity contribution is -0.142. The zero-order valence-corrected chi connectivity index (χ0v) is 14.4. The summed E-state index contributed by atoms with van der Waals surface area (Å²) in [6.45, 7) is 3.96. The van der Waals surface area contributed by atoms with E-state index in [2.05, 4.69) is 20.3 Å². The Bertz CT molecular complexity index is 690. The number of rotatable bonds is 7. The van der Waals surface area contributed by atoms with Crippen LogP contribution in [0.3, 0.4) is 0 Å². The van der Waals surface area contributed by atoms with Gasteiger partial charge in [-0.1, -0.05) is 11.8 Å². The van der Waals surface area contributed by atoms with Gasteiger partial charge >= 0.3 is 5.97 Å². The van der Waals surface area contributed by atoms with Crippen molar-refractivity contribution in [1.82, 2.24) is 15.0 Å². The number of hydrogen-bond donors (Lipinski definition) is 1. The lowest BCUT2D eigenvalue weighted by atomic mass is 10.3. The van der Waals surface area contributed by atoms with E-state index in [0.717, 1.165) is 5.69 Å². The monoisotopic (exact) mass is 352 g/mol. The van der Waals surface area contributed by atoms with E-state index in [4.69, 9.17) is 4.74 Å². The number of nitrogens with zero attached hydrogens (tertiary/aromatic N) is 3. The number of ether oxygens (including phenoxy) is 1. The van der Waals surface area contributed by atoms with Crippen LogP contribution in [-0.2, 0) is 20.7 Å². The van der Waals surface area contributed by atoms with E-state index in [9.17, 15) is 9.59 Å². The average molecular weight is 352 g/mol. The van der Waals surface area contributed by atoms with Gasteiger partial charge in [-0.3, -0.25) is 9.59 Å². The fourth-order valence-electron chi connectivity index (χ4n) is 1.59. The lowest BCUT2D eigenvalue weighted by Crippen LogP contribution is -2.14. The summed E-state index contributed by atoms with van der Waals surface area (Å²) in [6, 6.07) is 1.80. The predicted molar refractivity (Wildman–Crippen MR) is 88.6 cm³/mol. The summed E-state index contributed by atoms with van der Waals surface area (Å²) in [4.78, 5) is 35.7. The number of carbonyl (C=O) groups excluding carboxylic acids is 2. The van der Waals surface area contributed by atoms with Crippen LogP contribution in [-0.4, -0.2) is 39.2 Å². The highest BCUT2D eigenvalue weighted by molar-refractivity contribution is 7.99. The molecular weight excluding hydrogens is 336 g/mol. The highest BCUT2D eigenvalue weighted by Gasteiger charge is 2.11. The minimum absolute atomic E-state index is 0.103. The van der Waals surface area contributed by atoms with E-state index in [1.165, 1.54) is 23.1 Å². The predicted octanol–water partition coefficient (Wildman–Crippen LogP) is 2.08. The molecule has 2 rings (SSSR count). The maximum Gasteiger partial charge on any atom is 0.311 e. The van der Waals surface area contributed by atoms with Crippen LogP contribution in [0.25, 0.3) is 0 Å². The van der Waals surface area contributed by atoms with Gasteiger partial charge in [0.2, 0.25) is 5.91 Å². The third-order valence-electron chi connectivity index (χ3n) is 2.53. The molecule has 1 amide bonds. The molecule has 0 bridgehead atoms. The Hall–Kier alpha value is -2.00. The maximum absolute atomic E-state index is 11.9. The van der Waals surface area contributed by atoms with Crippen molar-refractivity contribution < 1.29 is 14.3 Å². The summed E-state index contributed by atoms with van der Waals surface area (Å²) in [7, 11) is 0. The van der Waals surface area contributed by atoms with Gasteiger partial charge in [0.25, 0.3) is 0 Å². The third-order valence-corrected chi connectivity index (χ3v) is 4.20. The summed E-state index contributed by atoms with van der Waals surface area (Å²) in [5, 5.41) is 5.43. The molecule has 0 aromatic carbocycles. The van der Waals surface area contributed by atoms with Gasteiger partial charge < -0.3 is 10.1 Å². The fourth-order valence-corrected chi connectivity index (χ4v) is 2.99. The standard InChI is InChI=1S/C14H16N4O3S2/c1-3-21-12(20)6-10-7-22-14(17-10)18-11(19)8-23-13-15-5-4-9(2)16-13/h4-5,7H,3,6,8H2,1-2H3,(H,17,18,19). The van der Waals surface area contributed by atoms with Crippen molar-refractivity contribution in [2.75, 3.05) is 17.7 Å². The number of thiazole rings is 1. The minimum Gasteiger partial charge on any atom is -0.466 e. The Morgan fingerprint density at radius 3 is 2.96 bits per heavy atom. The van der Waals surface area contributed by atoms with Crippen molar-refractivity contribution in [2.24, 2.45) is 0 Å². The molecule has 7 nitrogen and oxygen atoms in total. The topological polar surface area (TPSA) is 94.1 Å². The Balaban J connectivity index is 1.81. The number of hydrogen-bond acceptors (Lipinski definition) is 8. The number of esters is 1. The minimum atomic E-state index is -0.331. The van der Waals surface area contributed by atoms with Crippen LogP contribution in [0.1, 0.15) is 18.3 Å². The van der Waals surface area contributed by atoms with Crippen molar-refractivity contribution in [3.63, 3.8) is 0 Å². The first-order valence-electron chi connectivity index (χ1n) is 6.89. The second kappa shape index (κ2) is 8.59. The second-order valence-electron chi connectivity index (χ2n) is 4.44. The molecule has 0 aliphatic heterocycles. The van der Waals surface area contributed by atoms with E-state index in [1.807, 2.05) is 6.92 Å². The molecule has 0 aliphatic rings. The largest absolute Gasteiger partial charge is 0.466 e. The van der Waals surface area contributed by atoms with Crippen LogP contribution in [0.4, 0.5) is 5.13 Å². The number of aromatic nitrogens is 3. The van der Waals surface area contributed by atoms with Crippen LogP contribution >= 0.6 is 23.1 Å². The summed E-state index contributed by atoms with van der Waals surface area (Å²) < 4.78 is 4.85. The Morgan fingerprint density at radius 1 is 1.39 bits per heavy atom. The molecular formula is C14H16N4O3S2. The van der Waals surface area contributed by atoms with Crippen molar-refractivity contribution in [3.8, 4) is 0 Å². The average Bonchev–Trinajstić information content (AvgIpc) is 2.92. The van der Waals surface area contributed by atoms with Gasteiger partial charge in [-0.25, -0.2) is 15.0 Å². The number of thioether (sulfide) groups is 1. The zero-order valence-electron chi connectivity index (χ0n) is 12.7. The molecule has 122 valence electrons. The van der Waals surface area contributed by atoms with Crippen LogP contribution < -0.4 is 5.32 Å². The van der Waals surface area contributed by atoms with Gasteiger partial charge in [0.15, 0.2) is 10.3 Å². The fraction of sp³-hybridized carbons (Fsp3) is 0.357. The number of anilines is 1. The van der Waals surface area contributed by atoms with Gasteiger partial charge in [0.05, 0.1) is 24.5 Å². The molecule has 0 atom stereocenters. The first kappa shape index (κ1) is 17.4. The van der Waals surface area contributed by atoms with Crippen molar-refractivity contribution in [3.05, 3.63) is 29.0 Å². The van der Waals surface area contributed by atoms with Crippen LogP contribution in [0.15, 0.2) is 22.8 Å². The van der Waals surface area contributed by atoms with E-state index in [1.54, 1.807) is 24.6 Å². The lowest BCUT2D eigenvalue weighted by Gasteiger charge is -2.01. The molecule has 2 aromatic heterocycles. The van der Waals surface area contributed by atoms with E-state index in [0.29, 0.717) is 22.6 Å². The number of aryl methyl sites for hydroxylation is 1. The molecule has 0 saturated carbocycles. The summed E-state index contributed by atoms with van der Waals surface area (Å²) in [5.41, 5.74) is 1.44. The van der Waals surface area contributed by atoms with Gasteiger partial charge in [-0.05, 0) is 19.9 Å². The summed E-state index contributed by atoms with van der Waals surface area (Å²) in [5.74, 6) is -0.337. The van der Waals surface area contributed by atoms with Crippen molar-refractivity contribution in [2.45, 2.75) is 25.4 Å². The van der Waals surface area contributed by atoms with Crippen LogP contribution in [0.5, 0.6) is 0 Å². The SMILES string of the molecule is CCOC(=O)Cc1csc(NC(=O)CSc2nccc(C)n2)n1. The molecule has 0 aliphatic carbocycles. The van der Waals surface area contributed by atoms with Gasteiger partial charge in [0, 0.05) is 17.3 Å². The van der Waals surface area contributed by atoms with Gasteiger partial charge in [-0.2, -0.15) is 0 Å². The van der Waals surface area contributed by atoms with Crippen LogP contribution in [0.2, 0.25) is 0 Å². The summed E-state index contributed by atoms with van der Waals surface area (Å²) in [6.07, 6.45) is 1.76. The molecule has 9 heteroatoms. The number of carbonyl (C=O) groups is 2. The van der Waals surface area contributed by atoms with Crippen molar-refractivity contribution >= 4 is 40.1 Å². The first-order valence-corrected chi connectivity index (χ1v) is 8.75. The molecule has 0 unspecified atom stereocenters. The molecule has 0 saturated heterocycles. The number of amides is 1. The first-order chi connectivity index (χ1) is 11.1. The van der Waals surface area contributed by atoms with E-state index in [-0.39, 0.29) is 24.1 Å². The van der Waals surface area contributed by atoms with Gasteiger partial charge in [0.1, 0.15) is 0 Å². The summed E-state index contributed by atoms with van der Waals surface area (Å²) >= 11 is 2.53. The van der Waals surface area contributed by atoms with Crippen molar-refractivity contribution in [1.29, 1.82) is 0 Å². The quantitative estimate of drug-likeness (QED) is 0.463. The molecule has 1 N–H and O–H groups in total. The molecule has 2 aromatic rings. The van der Waals surface area contributed by atoms with Crippen LogP contribution in [0, 0.1) is 6.92 Å². The molecule has 0 fully saturated rings. The Kier molecular flexibility index (Phi) is 6.48. The Labute approximate surface area is 141 Å². The third kappa shape index (κ3) is 5.95. The van der Waals surface area contributed by atoms with Gasteiger partial charge in [-0.15, -0.1) is 11.3 Å². The second-order valence-corrected chi connectivity index (χ2v) is 6.24. The smallest absolute Gasteiger partial charge is 0.311 e. The molecule has 23 heavy (non-hydrogen) atoms. The molecule has 0 radical (unpaired) electrons. The van der Waals surface area contributed by atoms with E-state index < -0.39 is 0 Å². The Morgan fingerprint density at radius 2 is 2.22 bits per heavy atom. The highest BCUT2D eigenvalue weighted by atomic mass is 32.2.